The number of allylic oxidation sites excluding steroid dienone is 3. The molecule has 0 saturated heterocycles. The number of aryl methyl sites for hydroxylation is 1. The highest BCUT2D eigenvalue weighted by atomic mass is 16.5. The van der Waals surface area contributed by atoms with Gasteiger partial charge in [-0.25, -0.2) is 0 Å². The Morgan fingerprint density at radius 1 is 1.24 bits per heavy atom. The second kappa shape index (κ2) is 6.44. The summed E-state index contributed by atoms with van der Waals surface area (Å²) in [5.74, 6) is 1.57. The minimum atomic E-state index is -0.632. The van der Waals surface area contributed by atoms with Gasteiger partial charge in [0.05, 0.1) is 0 Å². The van der Waals surface area contributed by atoms with Crippen molar-refractivity contribution in [2.45, 2.75) is 46.7 Å². The predicted octanol–water partition coefficient (Wildman–Crippen LogP) is 3.20. The Bertz CT molecular complexity index is 845. The number of rotatable bonds is 4. The molecule has 3 N–H and O–H groups in total. The molecule has 1 atom stereocenters. The molecule has 132 valence electrons. The number of nitrogens with one attached hydrogen (secondary N) is 1. The van der Waals surface area contributed by atoms with Gasteiger partial charge in [0.2, 0.25) is 5.82 Å². The number of aromatic nitrogens is 3. The predicted molar refractivity (Wildman–Crippen MR) is 98.3 cm³/mol. The summed E-state index contributed by atoms with van der Waals surface area (Å²) in [6.07, 6.45) is 4.78. The van der Waals surface area contributed by atoms with Gasteiger partial charge in [0.1, 0.15) is 5.66 Å². The van der Waals surface area contributed by atoms with Gasteiger partial charge in [-0.2, -0.15) is 4.98 Å². The van der Waals surface area contributed by atoms with Crippen LogP contribution in [0.5, 0.6) is 0 Å². The molecule has 3 heterocycles. The fraction of sp³-hybridized carbons (Fsp3) is 0.421. The number of nitrogens with zero attached hydrogens (tertiary/aromatic N) is 3. The maximum absolute atomic E-state index is 6.18. The van der Waals surface area contributed by atoms with Crippen LogP contribution in [0.1, 0.15) is 44.9 Å². The molecule has 2 aromatic heterocycles. The van der Waals surface area contributed by atoms with E-state index in [-0.39, 0.29) is 0 Å². The van der Waals surface area contributed by atoms with Crippen LogP contribution in [-0.4, -0.2) is 20.8 Å². The van der Waals surface area contributed by atoms with E-state index in [1.165, 1.54) is 0 Å². The first-order valence-corrected chi connectivity index (χ1v) is 8.52. The lowest BCUT2D eigenvalue weighted by atomic mass is 10.0. The first kappa shape index (κ1) is 17.4. The normalized spacial score (nSPS) is 20.3. The summed E-state index contributed by atoms with van der Waals surface area (Å²) in [4.78, 5) is 9.15. The molecule has 0 amide bonds. The summed E-state index contributed by atoms with van der Waals surface area (Å²) in [7, 11) is 0. The Labute approximate surface area is 148 Å². The summed E-state index contributed by atoms with van der Waals surface area (Å²) >= 11 is 0. The van der Waals surface area contributed by atoms with Crippen molar-refractivity contribution < 1.29 is 4.52 Å². The molecule has 3 rings (SSSR count). The van der Waals surface area contributed by atoms with E-state index < -0.39 is 5.66 Å². The minimum Gasteiger partial charge on any atom is -0.368 e. The van der Waals surface area contributed by atoms with Gasteiger partial charge in [0, 0.05) is 28.2 Å². The Hall–Kier alpha value is -2.47. The Morgan fingerprint density at radius 2 is 2.00 bits per heavy atom. The molecule has 0 saturated carbocycles. The van der Waals surface area contributed by atoms with E-state index in [2.05, 4.69) is 34.3 Å². The van der Waals surface area contributed by atoms with Crippen LogP contribution >= 0.6 is 0 Å². The van der Waals surface area contributed by atoms with Crippen LogP contribution in [0.2, 0.25) is 0 Å². The molecule has 0 spiro atoms. The van der Waals surface area contributed by atoms with Crippen LogP contribution in [0.3, 0.4) is 0 Å². The smallest absolute Gasteiger partial charge is 0.258 e. The average molecular weight is 339 g/mol. The molecular weight excluding hydrogens is 314 g/mol. The van der Waals surface area contributed by atoms with Crippen LogP contribution in [0.4, 0.5) is 0 Å². The largest absolute Gasteiger partial charge is 0.368 e. The summed E-state index contributed by atoms with van der Waals surface area (Å²) in [6, 6.07) is 3.99. The minimum absolute atomic E-state index is 0.495. The topological polar surface area (TPSA) is 89.9 Å². The van der Waals surface area contributed by atoms with Gasteiger partial charge in [-0.15, -0.1) is 0 Å². The van der Waals surface area contributed by atoms with E-state index in [1.807, 2.05) is 45.1 Å². The maximum Gasteiger partial charge on any atom is 0.258 e. The van der Waals surface area contributed by atoms with Crippen molar-refractivity contribution in [3.05, 3.63) is 47.2 Å². The number of nitrogens with two attached hydrogens (primary N) is 1. The van der Waals surface area contributed by atoms with Crippen molar-refractivity contribution in [1.29, 1.82) is 0 Å². The van der Waals surface area contributed by atoms with Gasteiger partial charge in [-0.1, -0.05) is 19.0 Å². The van der Waals surface area contributed by atoms with Crippen LogP contribution in [-0.2, 0) is 6.42 Å². The van der Waals surface area contributed by atoms with Gasteiger partial charge in [0.25, 0.3) is 5.89 Å². The number of dihydropyridines is 1. The highest BCUT2D eigenvalue weighted by Crippen LogP contribution is 2.25. The maximum atomic E-state index is 6.18. The Morgan fingerprint density at radius 3 is 2.68 bits per heavy atom. The monoisotopic (exact) mass is 339 g/mol. The number of pyridine rings is 1. The van der Waals surface area contributed by atoms with Gasteiger partial charge in [-0.05, 0) is 57.4 Å². The molecular formula is C19H25N5O. The molecule has 25 heavy (non-hydrogen) atoms. The SMILES string of the molecule is CC1=CC(c2noc(-c3cc(C)nc(CC(C)C)c3)n2)=CC(C)(N)N1. The fourth-order valence-corrected chi connectivity index (χ4v) is 3.07. The first-order chi connectivity index (χ1) is 11.7. The summed E-state index contributed by atoms with van der Waals surface area (Å²) < 4.78 is 5.50. The molecule has 0 bridgehead atoms. The second-order valence-corrected chi connectivity index (χ2v) is 7.34. The summed E-state index contributed by atoms with van der Waals surface area (Å²) in [5, 5.41) is 7.33. The van der Waals surface area contributed by atoms with Gasteiger partial charge < -0.3 is 15.6 Å². The fourth-order valence-electron chi connectivity index (χ4n) is 3.07. The molecule has 1 unspecified atom stereocenters. The van der Waals surface area contributed by atoms with E-state index in [0.717, 1.165) is 34.6 Å². The van der Waals surface area contributed by atoms with Crippen LogP contribution in [0.25, 0.3) is 17.0 Å². The molecule has 2 aromatic rings. The zero-order valence-corrected chi connectivity index (χ0v) is 15.4. The standard InChI is InChI=1S/C19H25N5O/c1-11(2)6-16-9-14(7-12(3)21-16)18-22-17(24-25-18)15-8-13(4)23-19(5,20)10-15/h7-11,23H,6,20H2,1-5H3. The van der Waals surface area contributed by atoms with Gasteiger partial charge in [-0.3, -0.25) is 4.98 Å². The van der Waals surface area contributed by atoms with Crippen molar-refractivity contribution in [3.8, 4) is 11.5 Å². The lowest BCUT2D eigenvalue weighted by molar-refractivity contribution is 0.427. The number of hydrogen-bond donors (Lipinski definition) is 2. The number of hydrogen-bond acceptors (Lipinski definition) is 6. The molecule has 6 heteroatoms. The van der Waals surface area contributed by atoms with E-state index in [0.29, 0.717) is 17.6 Å². The zero-order valence-electron chi connectivity index (χ0n) is 15.4. The molecule has 0 fully saturated rings. The quantitative estimate of drug-likeness (QED) is 0.889. The summed E-state index contributed by atoms with van der Waals surface area (Å²) in [6.45, 7) is 10.2. The van der Waals surface area contributed by atoms with Crippen LogP contribution < -0.4 is 11.1 Å². The first-order valence-electron chi connectivity index (χ1n) is 8.52. The van der Waals surface area contributed by atoms with Crippen molar-refractivity contribution in [2.24, 2.45) is 11.7 Å². The van der Waals surface area contributed by atoms with Crippen molar-refractivity contribution >= 4 is 5.57 Å². The third-order valence-corrected chi connectivity index (χ3v) is 3.85. The highest BCUT2D eigenvalue weighted by Gasteiger charge is 2.23. The Kier molecular flexibility index (Phi) is 4.47. The van der Waals surface area contributed by atoms with Gasteiger partial charge in [0.15, 0.2) is 0 Å². The molecule has 0 aromatic carbocycles. The molecule has 1 aliphatic heterocycles. The molecule has 0 radical (unpaired) electrons. The van der Waals surface area contributed by atoms with Crippen LogP contribution in [0.15, 0.2) is 34.5 Å². The van der Waals surface area contributed by atoms with Crippen molar-refractivity contribution in [1.82, 2.24) is 20.4 Å². The highest BCUT2D eigenvalue weighted by molar-refractivity contribution is 5.73. The average Bonchev–Trinajstić information content (AvgIpc) is 2.93. The lowest BCUT2D eigenvalue weighted by Crippen LogP contribution is -2.49. The third-order valence-electron chi connectivity index (χ3n) is 3.85. The van der Waals surface area contributed by atoms with Crippen LogP contribution in [0, 0.1) is 12.8 Å². The molecule has 0 aliphatic carbocycles. The lowest BCUT2D eigenvalue weighted by Gasteiger charge is -2.28. The third kappa shape index (κ3) is 4.14. The van der Waals surface area contributed by atoms with E-state index in [4.69, 9.17) is 10.3 Å². The van der Waals surface area contributed by atoms with Gasteiger partial charge >= 0.3 is 0 Å². The second-order valence-electron chi connectivity index (χ2n) is 7.34. The Balaban J connectivity index is 1.94. The van der Waals surface area contributed by atoms with Crippen molar-refractivity contribution in [2.75, 3.05) is 0 Å². The van der Waals surface area contributed by atoms with E-state index in [1.54, 1.807) is 0 Å². The summed E-state index contributed by atoms with van der Waals surface area (Å²) in [5.41, 5.74) is 10.2. The van der Waals surface area contributed by atoms with E-state index >= 15 is 0 Å². The molecule has 6 nitrogen and oxygen atoms in total. The zero-order chi connectivity index (χ0) is 18.2. The van der Waals surface area contributed by atoms with Crippen molar-refractivity contribution in [3.63, 3.8) is 0 Å². The van der Waals surface area contributed by atoms with E-state index in [9.17, 15) is 0 Å². The molecule has 1 aliphatic rings.